The second-order valence-corrected chi connectivity index (χ2v) is 8.69. The van der Waals surface area contributed by atoms with Crippen LogP contribution in [0, 0.1) is 0 Å². The number of hydrogen-bond acceptors (Lipinski definition) is 5. The summed E-state index contributed by atoms with van der Waals surface area (Å²) in [5.41, 5.74) is 12.1. The summed E-state index contributed by atoms with van der Waals surface area (Å²) in [4.78, 5) is 23.0. The third-order valence-corrected chi connectivity index (χ3v) is 6.47. The van der Waals surface area contributed by atoms with Crippen LogP contribution < -0.4 is 15.8 Å². The second kappa shape index (κ2) is 9.55. The van der Waals surface area contributed by atoms with Crippen molar-refractivity contribution in [1.82, 2.24) is 19.9 Å². The molecule has 0 spiro atoms. The first-order valence-corrected chi connectivity index (χ1v) is 11.8. The van der Waals surface area contributed by atoms with Crippen molar-refractivity contribution >= 4 is 33.9 Å². The van der Waals surface area contributed by atoms with Crippen molar-refractivity contribution in [1.29, 1.82) is 0 Å². The van der Waals surface area contributed by atoms with Crippen molar-refractivity contribution in [3.05, 3.63) is 71.3 Å². The van der Waals surface area contributed by atoms with Crippen LogP contribution in [0.3, 0.4) is 0 Å². The Labute approximate surface area is 198 Å². The number of para-hydroxylation sites is 2. The molecule has 0 aliphatic heterocycles. The zero-order chi connectivity index (χ0) is 23.5. The van der Waals surface area contributed by atoms with Gasteiger partial charge in [0.15, 0.2) is 5.65 Å². The number of aryl methyl sites for hydroxylation is 1. The summed E-state index contributed by atoms with van der Waals surface area (Å²) in [6.45, 7) is 1.05. The summed E-state index contributed by atoms with van der Waals surface area (Å²) in [6, 6.07) is 15.3. The Morgan fingerprint density at radius 2 is 1.85 bits per heavy atom. The lowest BCUT2D eigenvalue weighted by Crippen LogP contribution is -2.24. The molecular weight excluding hydrogens is 426 g/mol. The molecule has 0 fully saturated rings. The molecule has 7 nitrogen and oxygen atoms in total. The fourth-order valence-corrected chi connectivity index (χ4v) is 4.57. The number of aromatic nitrogens is 3. The van der Waals surface area contributed by atoms with E-state index in [1.807, 2.05) is 53.1 Å². The van der Waals surface area contributed by atoms with Crippen LogP contribution in [0.15, 0.2) is 60.2 Å². The lowest BCUT2D eigenvalue weighted by Gasteiger charge is -2.14. The van der Waals surface area contributed by atoms with E-state index in [0.29, 0.717) is 35.6 Å². The van der Waals surface area contributed by atoms with Crippen LogP contribution in [-0.4, -0.2) is 27.6 Å². The molecule has 2 heterocycles. The van der Waals surface area contributed by atoms with E-state index in [2.05, 4.69) is 11.4 Å². The number of hydrogen-bond donors (Lipinski definition) is 2. The van der Waals surface area contributed by atoms with Crippen molar-refractivity contribution < 1.29 is 9.53 Å². The Morgan fingerprint density at radius 3 is 2.56 bits per heavy atom. The highest BCUT2D eigenvalue weighted by Gasteiger charge is 2.24. The van der Waals surface area contributed by atoms with E-state index in [4.69, 9.17) is 20.4 Å². The number of amides is 1. The van der Waals surface area contributed by atoms with Gasteiger partial charge < -0.3 is 20.4 Å². The van der Waals surface area contributed by atoms with Crippen LogP contribution in [0.2, 0.25) is 0 Å². The zero-order valence-corrected chi connectivity index (χ0v) is 19.4. The Hall–Kier alpha value is -3.87. The molecule has 0 radical (unpaired) electrons. The van der Waals surface area contributed by atoms with Gasteiger partial charge in [-0.3, -0.25) is 4.79 Å². The number of nitrogens with zero attached hydrogens (tertiary/aromatic N) is 3. The molecule has 0 bridgehead atoms. The highest BCUT2D eigenvalue weighted by atomic mass is 16.5. The summed E-state index contributed by atoms with van der Waals surface area (Å²) in [5, 5.41) is 3.00. The van der Waals surface area contributed by atoms with Crippen molar-refractivity contribution in [3.63, 3.8) is 0 Å². The fraction of sp³-hybridized carbons (Fsp3) is 0.296. The number of anilines is 1. The standard InChI is InChI=1S/C27H29N5O2/c1-34-20-13-11-19(12-14-20)17-29-27(33)23-24-26(31-22-10-6-5-9-21(22)30-24)32(25(23)28)16-15-18-7-3-2-4-8-18/h5-7,9-14H,2-4,8,15-17,28H2,1H3,(H,29,33). The van der Waals surface area contributed by atoms with E-state index in [1.165, 1.54) is 18.4 Å². The Morgan fingerprint density at radius 1 is 1.09 bits per heavy atom. The average molecular weight is 456 g/mol. The van der Waals surface area contributed by atoms with Crippen LogP contribution in [-0.2, 0) is 13.1 Å². The van der Waals surface area contributed by atoms with Crippen LogP contribution in [0.1, 0.15) is 48.0 Å². The summed E-state index contributed by atoms with van der Waals surface area (Å²) >= 11 is 0. The van der Waals surface area contributed by atoms with E-state index < -0.39 is 0 Å². The van der Waals surface area contributed by atoms with E-state index >= 15 is 0 Å². The zero-order valence-electron chi connectivity index (χ0n) is 19.4. The molecule has 5 rings (SSSR count). The van der Waals surface area contributed by atoms with Crippen molar-refractivity contribution in [2.75, 3.05) is 12.8 Å². The lowest BCUT2D eigenvalue weighted by atomic mass is 9.97. The van der Waals surface area contributed by atoms with Gasteiger partial charge in [-0.1, -0.05) is 35.9 Å². The first-order valence-electron chi connectivity index (χ1n) is 11.8. The number of benzene rings is 2. The van der Waals surface area contributed by atoms with E-state index in [1.54, 1.807) is 7.11 Å². The maximum atomic E-state index is 13.3. The molecule has 0 saturated carbocycles. The Bertz CT molecular complexity index is 1370. The van der Waals surface area contributed by atoms with Gasteiger partial charge in [0.1, 0.15) is 22.6 Å². The molecule has 0 saturated heterocycles. The second-order valence-electron chi connectivity index (χ2n) is 8.69. The van der Waals surface area contributed by atoms with Crippen molar-refractivity contribution in [2.24, 2.45) is 0 Å². The van der Waals surface area contributed by atoms with Gasteiger partial charge >= 0.3 is 0 Å². The average Bonchev–Trinajstić information content (AvgIpc) is 3.15. The predicted molar refractivity (Wildman–Crippen MR) is 135 cm³/mol. The number of carbonyl (C=O) groups is 1. The first-order chi connectivity index (χ1) is 16.6. The maximum Gasteiger partial charge on any atom is 0.257 e. The molecule has 1 amide bonds. The van der Waals surface area contributed by atoms with Gasteiger partial charge in [-0.2, -0.15) is 0 Å². The quantitative estimate of drug-likeness (QED) is 0.383. The van der Waals surface area contributed by atoms with Crippen LogP contribution in [0.4, 0.5) is 5.82 Å². The first kappa shape index (κ1) is 21.9. The Balaban J connectivity index is 1.48. The summed E-state index contributed by atoms with van der Waals surface area (Å²) < 4.78 is 7.16. The predicted octanol–water partition coefficient (Wildman–Crippen LogP) is 5.00. The highest BCUT2D eigenvalue weighted by molar-refractivity contribution is 6.10. The summed E-state index contributed by atoms with van der Waals surface area (Å²) in [7, 11) is 1.63. The molecule has 174 valence electrons. The van der Waals surface area contributed by atoms with Gasteiger partial charge in [0.25, 0.3) is 5.91 Å². The number of nitrogen functional groups attached to an aromatic ring is 1. The van der Waals surface area contributed by atoms with Gasteiger partial charge in [-0.05, 0) is 61.9 Å². The largest absolute Gasteiger partial charge is 0.497 e. The monoisotopic (exact) mass is 455 g/mol. The minimum Gasteiger partial charge on any atom is -0.497 e. The minimum absolute atomic E-state index is 0.251. The normalized spacial score (nSPS) is 13.7. The van der Waals surface area contributed by atoms with E-state index in [-0.39, 0.29) is 5.91 Å². The number of fused-ring (bicyclic) bond motifs is 2. The maximum absolute atomic E-state index is 13.3. The van der Waals surface area contributed by atoms with Gasteiger partial charge in [-0.25, -0.2) is 9.97 Å². The minimum atomic E-state index is -0.251. The summed E-state index contributed by atoms with van der Waals surface area (Å²) in [5.74, 6) is 0.935. The lowest BCUT2D eigenvalue weighted by molar-refractivity contribution is 0.0953. The molecule has 2 aromatic heterocycles. The number of allylic oxidation sites excluding steroid dienone is 2. The van der Waals surface area contributed by atoms with Crippen LogP contribution >= 0.6 is 0 Å². The molecule has 7 heteroatoms. The van der Waals surface area contributed by atoms with E-state index in [0.717, 1.165) is 41.6 Å². The number of methoxy groups -OCH3 is 1. The third kappa shape index (κ3) is 4.33. The molecule has 1 aliphatic rings. The van der Waals surface area contributed by atoms with Gasteiger partial charge in [0.2, 0.25) is 0 Å². The molecule has 1 aliphatic carbocycles. The number of nitrogens with one attached hydrogen (secondary N) is 1. The number of ether oxygens (including phenoxy) is 1. The fourth-order valence-electron chi connectivity index (χ4n) is 4.57. The van der Waals surface area contributed by atoms with E-state index in [9.17, 15) is 4.79 Å². The topological polar surface area (TPSA) is 95.1 Å². The number of nitrogens with two attached hydrogens (primary N) is 1. The molecule has 0 unspecified atom stereocenters. The Kier molecular flexibility index (Phi) is 6.16. The molecular formula is C27H29N5O2. The highest BCUT2D eigenvalue weighted by Crippen LogP contribution is 2.30. The molecule has 4 aromatic rings. The summed E-state index contributed by atoms with van der Waals surface area (Å²) in [6.07, 6.45) is 8.00. The number of rotatable bonds is 7. The SMILES string of the molecule is COc1ccc(CNC(=O)c2c(N)n(CCC3=CCCCC3)c3nc4ccccc4nc23)cc1. The van der Waals surface area contributed by atoms with Gasteiger partial charge in [-0.15, -0.1) is 0 Å². The van der Waals surface area contributed by atoms with Crippen molar-refractivity contribution in [2.45, 2.75) is 45.2 Å². The van der Waals surface area contributed by atoms with Crippen LogP contribution in [0.25, 0.3) is 22.2 Å². The van der Waals surface area contributed by atoms with Crippen molar-refractivity contribution in [3.8, 4) is 5.75 Å². The molecule has 0 atom stereocenters. The van der Waals surface area contributed by atoms with Gasteiger partial charge in [0.05, 0.1) is 18.1 Å². The smallest absolute Gasteiger partial charge is 0.257 e. The van der Waals surface area contributed by atoms with Crippen LogP contribution in [0.5, 0.6) is 5.75 Å². The molecule has 3 N–H and O–H groups in total. The van der Waals surface area contributed by atoms with Gasteiger partial charge in [0, 0.05) is 13.1 Å². The third-order valence-electron chi connectivity index (χ3n) is 6.47. The number of carbonyl (C=O) groups excluding carboxylic acids is 1. The molecule has 34 heavy (non-hydrogen) atoms. The molecule has 2 aromatic carbocycles.